The zero-order valence-corrected chi connectivity index (χ0v) is 29.0. The quantitative estimate of drug-likeness (QED) is 0.267. The molecule has 2 aromatic carbocycles. The lowest BCUT2D eigenvalue weighted by Crippen LogP contribution is -2.62. The van der Waals surface area contributed by atoms with E-state index < -0.39 is 22.1 Å². The average molecular weight is 720 g/mol. The van der Waals surface area contributed by atoms with Crippen molar-refractivity contribution in [3.8, 4) is 11.1 Å². The summed E-state index contributed by atoms with van der Waals surface area (Å²) in [5, 5.41) is 2.10. The van der Waals surface area contributed by atoms with E-state index in [-0.39, 0.29) is 42.6 Å². The third-order valence-corrected chi connectivity index (χ3v) is 11.5. The SMILES string of the molecule is O=C(CC1CN(S(=O)(=O)c2ccc3cc(Cl)ccc3c2)CC(CC(=O)N2CCOCC2)N1c1ncc(-c2ccncc2)cn1)N1CCOCC1. The van der Waals surface area contributed by atoms with Crippen molar-refractivity contribution in [3.05, 3.63) is 78.3 Å². The average Bonchev–Trinajstić information content (AvgIpc) is 3.15. The fourth-order valence-corrected chi connectivity index (χ4v) is 8.54. The number of sulfonamides is 1. The molecule has 0 aliphatic carbocycles. The van der Waals surface area contributed by atoms with Crippen LogP contribution < -0.4 is 4.90 Å². The molecule has 15 heteroatoms. The van der Waals surface area contributed by atoms with Gasteiger partial charge in [-0.05, 0) is 52.7 Å². The van der Waals surface area contributed by atoms with E-state index in [0.29, 0.717) is 63.6 Å². The molecule has 0 N–H and O–H groups in total. The lowest BCUT2D eigenvalue weighted by molar-refractivity contribution is -0.136. The van der Waals surface area contributed by atoms with Crippen LogP contribution in [0.25, 0.3) is 21.9 Å². The van der Waals surface area contributed by atoms with E-state index >= 15 is 0 Å². The Bertz CT molecular complexity index is 1900. The van der Waals surface area contributed by atoms with Gasteiger partial charge in [0.25, 0.3) is 0 Å². The zero-order valence-electron chi connectivity index (χ0n) is 27.4. The Hall–Kier alpha value is -4.21. The molecule has 3 fully saturated rings. The second-order valence-electron chi connectivity index (χ2n) is 12.6. The van der Waals surface area contributed by atoms with Crippen LogP contribution in [0, 0.1) is 0 Å². The number of benzene rings is 2. The molecule has 2 aromatic heterocycles. The summed E-state index contributed by atoms with van der Waals surface area (Å²) in [6, 6.07) is 12.6. The van der Waals surface area contributed by atoms with Crippen LogP contribution >= 0.6 is 11.6 Å². The lowest BCUT2D eigenvalue weighted by Gasteiger charge is -2.46. The third-order valence-electron chi connectivity index (χ3n) is 9.46. The maximum atomic E-state index is 14.4. The first kappa shape index (κ1) is 34.2. The van der Waals surface area contributed by atoms with E-state index in [9.17, 15) is 18.0 Å². The van der Waals surface area contributed by atoms with Gasteiger partial charge in [-0.3, -0.25) is 14.6 Å². The number of aromatic nitrogens is 3. The highest BCUT2D eigenvalue weighted by Gasteiger charge is 2.43. The Balaban J connectivity index is 1.26. The van der Waals surface area contributed by atoms with Crippen LogP contribution in [0.2, 0.25) is 5.02 Å². The number of hydrogen-bond donors (Lipinski definition) is 0. The van der Waals surface area contributed by atoms with Gasteiger partial charge in [0.1, 0.15) is 0 Å². The van der Waals surface area contributed by atoms with Crippen molar-refractivity contribution in [1.29, 1.82) is 0 Å². The fraction of sp³-hybridized carbons (Fsp3) is 0.400. The number of carbonyl (C=O) groups is 2. The molecule has 13 nitrogen and oxygen atoms in total. The molecule has 0 spiro atoms. The number of morpholine rings is 2. The third kappa shape index (κ3) is 7.44. The zero-order chi connectivity index (χ0) is 34.7. The summed E-state index contributed by atoms with van der Waals surface area (Å²) >= 11 is 6.18. The second-order valence-corrected chi connectivity index (χ2v) is 15.0. The molecule has 3 aliphatic rings. The smallest absolute Gasteiger partial charge is 0.243 e. The summed E-state index contributed by atoms with van der Waals surface area (Å²) < 4.78 is 41.2. The topological polar surface area (TPSA) is 138 Å². The molecule has 0 bridgehead atoms. The van der Waals surface area contributed by atoms with Gasteiger partial charge < -0.3 is 24.2 Å². The summed E-state index contributed by atoms with van der Waals surface area (Å²) in [4.78, 5) is 46.6. The van der Waals surface area contributed by atoms with E-state index in [0.717, 1.165) is 21.9 Å². The van der Waals surface area contributed by atoms with E-state index in [1.807, 2.05) is 17.0 Å². The number of anilines is 1. The molecule has 3 saturated heterocycles. The number of piperazine rings is 1. The van der Waals surface area contributed by atoms with Gasteiger partial charge in [0.2, 0.25) is 27.8 Å². The Morgan fingerprint density at radius 3 is 1.86 bits per heavy atom. The molecule has 3 aliphatic heterocycles. The van der Waals surface area contributed by atoms with E-state index in [1.165, 1.54) is 4.31 Å². The molecule has 2 unspecified atom stereocenters. The number of carbonyl (C=O) groups excluding carboxylic acids is 2. The normalized spacial score (nSPS) is 20.6. The van der Waals surface area contributed by atoms with Crippen molar-refractivity contribution in [1.82, 2.24) is 29.1 Å². The molecule has 0 radical (unpaired) electrons. The molecule has 262 valence electrons. The Kier molecular flexibility index (Phi) is 10.2. The van der Waals surface area contributed by atoms with E-state index in [1.54, 1.807) is 71.0 Å². The van der Waals surface area contributed by atoms with Crippen LogP contribution in [0.5, 0.6) is 0 Å². The van der Waals surface area contributed by atoms with E-state index in [2.05, 4.69) is 4.98 Å². The lowest BCUT2D eigenvalue weighted by atomic mass is 10.0. The summed E-state index contributed by atoms with van der Waals surface area (Å²) in [5.74, 6) is 0.0654. The second kappa shape index (κ2) is 15.0. The number of nitrogens with zero attached hydrogens (tertiary/aromatic N) is 7. The molecule has 2 amide bonds. The summed E-state index contributed by atoms with van der Waals surface area (Å²) in [6.07, 6.45) is 6.77. The highest BCUT2D eigenvalue weighted by atomic mass is 35.5. The minimum atomic E-state index is -4.06. The first-order chi connectivity index (χ1) is 24.3. The van der Waals surface area contributed by atoms with Crippen LogP contribution in [0.3, 0.4) is 0 Å². The van der Waals surface area contributed by atoms with Crippen molar-refractivity contribution in [2.24, 2.45) is 0 Å². The monoisotopic (exact) mass is 719 g/mol. The molecule has 2 atom stereocenters. The van der Waals surface area contributed by atoms with Crippen molar-refractivity contribution in [2.45, 2.75) is 29.8 Å². The predicted octanol–water partition coefficient (Wildman–Crippen LogP) is 3.09. The maximum Gasteiger partial charge on any atom is 0.243 e. The van der Waals surface area contributed by atoms with Gasteiger partial charge in [0, 0.05) is 87.5 Å². The highest BCUT2D eigenvalue weighted by Crippen LogP contribution is 2.32. The molecular formula is C35H38ClN7O6S. The standard InChI is InChI=1S/C35H38ClN7O6S/c36-29-3-1-27-18-32(4-2-26(27)17-29)50(46,47)42-23-30(19-33(44)40-9-13-48-14-10-40)43(31(24-42)20-34(45)41-11-15-49-16-12-41)35-38-21-28(22-39-35)25-5-7-37-8-6-25/h1-8,17-18,21-22,30-31H,9-16,19-20,23-24H2. The van der Waals surface area contributed by atoms with Crippen LogP contribution in [0.4, 0.5) is 5.95 Å². The van der Waals surface area contributed by atoms with E-state index in [4.69, 9.17) is 31.0 Å². The van der Waals surface area contributed by atoms with Gasteiger partial charge in [-0.2, -0.15) is 4.31 Å². The van der Waals surface area contributed by atoms with Gasteiger partial charge >= 0.3 is 0 Å². The van der Waals surface area contributed by atoms with Crippen molar-refractivity contribution < 1.29 is 27.5 Å². The first-order valence-corrected chi connectivity index (χ1v) is 18.5. The van der Waals surface area contributed by atoms with Gasteiger partial charge in [0.15, 0.2) is 0 Å². The molecule has 7 rings (SSSR count). The molecule has 50 heavy (non-hydrogen) atoms. The molecule has 4 aromatic rings. The summed E-state index contributed by atoms with van der Waals surface area (Å²) in [7, 11) is -4.06. The first-order valence-electron chi connectivity index (χ1n) is 16.7. The van der Waals surface area contributed by atoms with Gasteiger partial charge in [-0.25, -0.2) is 18.4 Å². The van der Waals surface area contributed by atoms with Crippen LogP contribution in [0.1, 0.15) is 12.8 Å². The number of pyridine rings is 1. The highest BCUT2D eigenvalue weighted by molar-refractivity contribution is 7.89. The largest absolute Gasteiger partial charge is 0.378 e. The minimum absolute atomic E-state index is 0.0000493. The van der Waals surface area contributed by atoms with Crippen LogP contribution in [0.15, 0.2) is 78.2 Å². The number of ether oxygens (including phenoxy) is 2. The van der Waals surface area contributed by atoms with Crippen molar-refractivity contribution in [3.63, 3.8) is 0 Å². The van der Waals surface area contributed by atoms with Crippen molar-refractivity contribution >= 4 is 50.2 Å². The Morgan fingerprint density at radius 2 is 1.28 bits per heavy atom. The van der Waals surface area contributed by atoms with Gasteiger partial charge in [-0.1, -0.05) is 23.7 Å². The van der Waals surface area contributed by atoms with Gasteiger partial charge in [0.05, 0.1) is 43.4 Å². The van der Waals surface area contributed by atoms with Gasteiger partial charge in [-0.15, -0.1) is 0 Å². The number of rotatable bonds is 8. The molecule has 0 saturated carbocycles. The number of halogens is 1. The van der Waals surface area contributed by atoms with Crippen LogP contribution in [-0.4, -0.2) is 127 Å². The number of amides is 2. The molecule has 5 heterocycles. The number of fused-ring (bicyclic) bond motifs is 1. The minimum Gasteiger partial charge on any atom is -0.378 e. The maximum absolute atomic E-state index is 14.4. The predicted molar refractivity (Wildman–Crippen MR) is 187 cm³/mol. The van der Waals surface area contributed by atoms with Crippen LogP contribution in [-0.2, 0) is 29.1 Å². The Morgan fingerprint density at radius 1 is 0.740 bits per heavy atom. The fourth-order valence-electron chi connectivity index (χ4n) is 6.81. The Labute approximate surface area is 295 Å². The van der Waals surface area contributed by atoms with Crippen molar-refractivity contribution in [2.75, 3.05) is 70.6 Å². The summed E-state index contributed by atoms with van der Waals surface area (Å²) in [5.41, 5.74) is 1.66. The summed E-state index contributed by atoms with van der Waals surface area (Å²) in [6.45, 7) is 3.52. The number of hydrogen-bond acceptors (Lipinski definition) is 10. The molecular weight excluding hydrogens is 682 g/mol.